The predicted octanol–water partition coefficient (Wildman–Crippen LogP) is 1.24. The Bertz CT molecular complexity index is 472. The molecule has 0 atom stereocenters. The van der Waals surface area contributed by atoms with E-state index in [9.17, 15) is 8.42 Å². The average Bonchev–Trinajstić information content (AvgIpc) is 2.27. The number of hydrogen-bond donors (Lipinski definition) is 1. The third kappa shape index (κ3) is 5.01. The van der Waals surface area contributed by atoms with Gasteiger partial charge in [-0.2, -0.15) is 0 Å². The smallest absolute Gasteiger partial charge is 0.179 e. The highest BCUT2D eigenvalue weighted by molar-refractivity contribution is 7.90. The van der Waals surface area contributed by atoms with Crippen molar-refractivity contribution in [3.8, 4) is 0 Å². The minimum absolute atomic E-state index is 0.262. The van der Waals surface area contributed by atoms with Crippen LogP contribution in [0.15, 0.2) is 23.2 Å². The first kappa shape index (κ1) is 14.9. The number of pyridine rings is 1. The minimum atomic E-state index is -3.22. The molecule has 0 spiro atoms. The molecule has 0 unspecified atom stereocenters. The molecule has 1 N–H and O–H groups in total. The van der Waals surface area contributed by atoms with Crippen LogP contribution in [0.1, 0.15) is 12.8 Å². The van der Waals surface area contributed by atoms with E-state index in [-0.39, 0.29) is 4.90 Å². The average molecular weight is 271 g/mol. The molecule has 1 aromatic rings. The van der Waals surface area contributed by atoms with Crippen LogP contribution in [-0.2, 0) is 9.84 Å². The standard InChI is InChI=1S/C12H21N3O2S/c1-15(2)10-5-4-8-13-12-11(18(3,16)17)7-6-9-14-12/h6-7,9H,4-5,8,10H2,1-3H3,(H,13,14). The monoisotopic (exact) mass is 271 g/mol. The lowest BCUT2D eigenvalue weighted by molar-refractivity contribution is 0.396. The quantitative estimate of drug-likeness (QED) is 0.756. The molecule has 0 saturated heterocycles. The fraction of sp³-hybridized carbons (Fsp3) is 0.583. The summed E-state index contributed by atoms with van der Waals surface area (Å²) in [6, 6.07) is 3.21. The molecule has 0 fully saturated rings. The maximum atomic E-state index is 11.5. The molecule has 0 aliphatic heterocycles. The number of nitrogens with zero attached hydrogens (tertiary/aromatic N) is 2. The van der Waals surface area contributed by atoms with Gasteiger partial charge in [-0.25, -0.2) is 13.4 Å². The lowest BCUT2D eigenvalue weighted by Crippen LogP contribution is -2.15. The Morgan fingerprint density at radius 3 is 2.67 bits per heavy atom. The number of rotatable bonds is 7. The highest BCUT2D eigenvalue weighted by Crippen LogP contribution is 2.17. The molecule has 0 saturated carbocycles. The van der Waals surface area contributed by atoms with E-state index in [1.165, 1.54) is 6.26 Å². The maximum absolute atomic E-state index is 11.5. The zero-order valence-corrected chi connectivity index (χ0v) is 12.0. The first-order chi connectivity index (χ1) is 8.41. The van der Waals surface area contributed by atoms with E-state index in [1.807, 2.05) is 14.1 Å². The van der Waals surface area contributed by atoms with Crippen molar-refractivity contribution >= 4 is 15.7 Å². The van der Waals surface area contributed by atoms with Crippen LogP contribution in [0.2, 0.25) is 0 Å². The molecule has 0 radical (unpaired) electrons. The molecule has 0 bridgehead atoms. The second-order valence-corrected chi connectivity index (χ2v) is 6.54. The zero-order valence-electron chi connectivity index (χ0n) is 11.2. The summed E-state index contributed by atoms with van der Waals surface area (Å²) in [5.41, 5.74) is 0. The summed E-state index contributed by atoms with van der Waals surface area (Å²) in [6.45, 7) is 1.76. The van der Waals surface area contributed by atoms with Gasteiger partial charge in [0.05, 0.1) is 0 Å². The lowest BCUT2D eigenvalue weighted by atomic mass is 10.3. The molecular weight excluding hydrogens is 250 g/mol. The van der Waals surface area contributed by atoms with Crippen molar-refractivity contribution in [3.05, 3.63) is 18.3 Å². The number of aromatic nitrogens is 1. The molecule has 1 heterocycles. The summed E-state index contributed by atoms with van der Waals surface area (Å²) in [5.74, 6) is 0.449. The van der Waals surface area contributed by atoms with Gasteiger partial charge in [-0.3, -0.25) is 0 Å². The van der Waals surface area contributed by atoms with Crippen LogP contribution in [-0.4, -0.2) is 51.7 Å². The number of sulfone groups is 1. The van der Waals surface area contributed by atoms with E-state index < -0.39 is 9.84 Å². The number of nitrogens with one attached hydrogen (secondary N) is 1. The van der Waals surface area contributed by atoms with Gasteiger partial charge in [0.25, 0.3) is 0 Å². The van der Waals surface area contributed by atoms with Crippen LogP contribution in [0.5, 0.6) is 0 Å². The molecule has 5 nitrogen and oxygen atoms in total. The second-order valence-electron chi connectivity index (χ2n) is 4.56. The number of anilines is 1. The molecule has 0 aliphatic rings. The molecular formula is C12H21N3O2S. The van der Waals surface area contributed by atoms with Gasteiger partial charge < -0.3 is 10.2 Å². The molecule has 6 heteroatoms. The van der Waals surface area contributed by atoms with Gasteiger partial charge in [0, 0.05) is 19.0 Å². The SMILES string of the molecule is CN(C)CCCCNc1ncccc1S(C)(=O)=O. The van der Waals surface area contributed by atoms with Crippen molar-refractivity contribution in [1.82, 2.24) is 9.88 Å². The number of unbranched alkanes of at least 4 members (excludes halogenated alkanes) is 1. The van der Waals surface area contributed by atoms with Gasteiger partial charge in [0.1, 0.15) is 10.7 Å². The Kier molecular flexibility index (Phi) is 5.55. The first-order valence-electron chi connectivity index (χ1n) is 5.95. The van der Waals surface area contributed by atoms with Crippen LogP contribution < -0.4 is 5.32 Å². The molecule has 102 valence electrons. The van der Waals surface area contributed by atoms with Gasteiger partial charge in [-0.15, -0.1) is 0 Å². The molecule has 0 amide bonds. The molecule has 0 aliphatic carbocycles. The van der Waals surface area contributed by atoms with E-state index >= 15 is 0 Å². The number of hydrogen-bond acceptors (Lipinski definition) is 5. The Balaban J connectivity index is 2.53. The maximum Gasteiger partial charge on any atom is 0.179 e. The van der Waals surface area contributed by atoms with Crippen molar-refractivity contribution < 1.29 is 8.42 Å². The predicted molar refractivity (Wildman–Crippen MR) is 73.6 cm³/mol. The second kappa shape index (κ2) is 6.70. The Hall–Kier alpha value is -1.14. The van der Waals surface area contributed by atoms with Crippen LogP contribution in [0.25, 0.3) is 0 Å². The Morgan fingerprint density at radius 2 is 2.06 bits per heavy atom. The molecule has 0 aromatic carbocycles. The van der Waals surface area contributed by atoms with E-state index in [0.717, 1.165) is 25.9 Å². The highest BCUT2D eigenvalue weighted by atomic mass is 32.2. The summed E-state index contributed by atoms with van der Waals surface area (Å²) in [7, 11) is 0.848. The van der Waals surface area contributed by atoms with Crippen LogP contribution in [0.4, 0.5) is 5.82 Å². The van der Waals surface area contributed by atoms with Gasteiger partial charge in [-0.05, 0) is 45.6 Å². The van der Waals surface area contributed by atoms with Gasteiger partial charge >= 0.3 is 0 Å². The lowest BCUT2D eigenvalue weighted by Gasteiger charge is -2.11. The summed E-state index contributed by atoms with van der Waals surface area (Å²) >= 11 is 0. The van der Waals surface area contributed by atoms with Crippen LogP contribution in [0, 0.1) is 0 Å². The fourth-order valence-corrected chi connectivity index (χ4v) is 2.38. The van der Waals surface area contributed by atoms with Crippen molar-refractivity contribution in [2.75, 3.05) is 38.8 Å². The van der Waals surface area contributed by atoms with Gasteiger partial charge in [0.2, 0.25) is 0 Å². The summed E-state index contributed by atoms with van der Waals surface area (Å²) in [4.78, 5) is 6.47. The van der Waals surface area contributed by atoms with E-state index in [1.54, 1.807) is 18.3 Å². The molecule has 18 heavy (non-hydrogen) atoms. The molecule has 1 rings (SSSR count). The Morgan fingerprint density at radius 1 is 1.33 bits per heavy atom. The van der Waals surface area contributed by atoms with E-state index in [0.29, 0.717) is 5.82 Å². The van der Waals surface area contributed by atoms with Crippen molar-refractivity contribution in [2.45, 2.75) is 17.7 Å². The van der Waals surface area contributed by atoms with Crippen molar-refractivity contribution in [3.63, 3.8) is 0 Å². The van der Waals surface area contributed by atoms with E-state index in [4.69, 9.17) is 0 Å². The van der Waals surface area contributed by atoms with Crippen LogP contribution in [0.3, 0.4) is 0 Å². The summed E-state index contributed by atoms with van der Waals surface area (Å²) in [5, 5.41) is 3.08. The van der Waals surface area contributed by atoms with E-state index in [2.05, 4.69) is 15.2 Å². The first-order valence-corrected chi connectivity index (χ1v) is 7.84. The van der Waals surface area contributed by atoms with Crippen molar-refractivity contribution in [2.24, 2.45) is 0 Å². The molecule has 1 aromatic heterocycles. The summed E-state index contributed by atoms with van der Waals surface area (Å²) in [6.07, 6.45) is 4.84. The third-order valence-corrected chi connectivity index (χ3v) is 3.62. The largest absolute Gasteiger partial charge is 0.369 e. The summed E-state index contributed by atoms with van der Waals surface area (Å²) < 4.78 is 23.1. The van der Waals surface area contributed by atoms with Gasteiger partial charge in [-0.1, -0.05) is 0 Å². The minimum Gasteiger partial charge on any atom is -0.369 e. The van der Waals surface area contributed by atoms with Crippen LogP contribution >= 0.6 is 0 Å². The third-order valence-electron chi connectivity index (χ3n) is 2.49. The zero-order chi connectivity index (χ0) is 13.6. The topological polar surface area (TPSA) is 62.3 Å². The highest BCUT2D eigenvalue weighted by Gasteiger charge is 2.13. The fourth-order valence-electron chi connectivity index (χ4n) is 1.58. The van der Waals surface area contributed by atoms with Crippen molar-refractivity contribution in [1.29, 1.82) is 0 Å². The normalized spacial score (nSPS) is 11.8. The van der Waals surface area contributed by atoms with Gasteiger partial charge in [0.15, 0.2) is 9.84 Å². The Labute approximate surface area is 109 Å².